The van der Waals surface area contributed by atoms with Crippen molar-refractivity contribution >= 4 is 0 Å². The first-order valence-corrected chi connectivity index (χ1v) is 6.07. The molecule has 3 nitrogen and oxygen atoms in total. The Kier molecular flexibility index (Phi) is 5.62. The predicted molar refractivity (Wildman–Crippen MR) is 69.8 cm³/mol. The van der Waals surface area contributed by atoms with Gasteiger partial charge >= 0.3 is 0 Å². The first kappa shape index (κ1) is 14.2. The monoisotopic (exact) mass is 237 g/mol. The van der Waals surface area contributed by atoms with Crippen LogP contribution in [0.25, 0.3) is 0 Å². The number of hydrogen-bond acceptors (Lipinski definition) is 3. The molecule has 1 rings (SSSR count). The van der Waals surface area contributed by atoms with Crippen molar-refractivity contribution in [3.63, 3.8) is 0 Å². The molecule has 0 heterocycles. The number of methoxy groups -OCH3 is 2. The van der Waals surface area contributed by atoms with Gasteiger partial charge in [0, 0.05) is 26.7 Å². The van der Waals surface area contributed by atoms with E-state index in [2.05, 4.69) is 36.5 Å². The summed E-state index contributed by atoms with van der Waals surface area (Å²) in [7, 11) is 3.32. The van der Waals surface area contributed by atoms with Crippen LogP contribution in [0.3, 0.4) is 0 Å². The smallest absolute Gasteiger partial charge is 0.226 e. The quantitative estimate of drug-likeness (QED) is 0.739. The van der Waals surface area contributed by atoms with Gasteiger partial charge < -0.3 is 9.47 Å². The predicted octanol–water partition coefficient (Wildman–Crippen LogP) is 2.56. The van der Waals surface area contributed by atoms with E-state index in [1.807, 2.05) is 13.0 Å². The van der Waals surface area contributed by atoms with Gasteiger partial charge in [0.25, 0.3) is 0 Å². The van der Waals surface area contributed by atoms with Crippen LogP contribution in [0, 0.1) is 0 Å². The van der Waals surface area contributed by atoms with Crippen LogP contribution in [0.15, 0.2) is 30.3 Å². The van der Waals surface area contributed by atoms with E-state index in [1.165, 1.54) is 5.56 Å². The highest BCUT2D eigenvalue weighted by molar-refractivity contribution is 5.15. The highest BCUT2D eigenvalue weighted by atomic mass is 16.7. The average molecular weight is 237 g/mol. The van der Waals surface area contributed by atoms with Gasteiger partial charge in [0.15, 0.2) is 0 Å². The van der Waals surface area contributed by atoms with Gasteiger partial charge in [-0.3, -0.25) is 5.32 Å². The highest BCUT2D eigenvalue weighted by Gasteiger charge is 2.28. The lowest BCUT2D eigenvalue weighted by Gasteiger charge is -2.33. The third-order valence-corrected chi connectivity index (χ3v) is 2.98. The summed E-state index contributed by atoms with van der Waals surface area (Å²) in [4.78, 5) is 0. The Bertz CT molecular complexity index is 301. The molecule has 0 saturated heterocycles. The summed E-state index contributed by atoms with van der Waals surface area (Å²) in [6, 6.07) is 10.7. The second kappa shape index (κ2) is 6.74. The summed E-state index contributed by atoms with van der Waals surface area (Å²) in [5.41, 5.74) is 1.31. The van der Waals surface area contributed by atoms with Crippen molar-refractivity contribution in [2.75, 3.05) is 14.2 Å². The van der Waals surface area contributed by atoms with Gasteiger partial charge in [0.2, 0.25) is 5.91 Å². The Morgan fingerprint density at radius 3 is 2.24 bits per heavy atom. The summed E-state index contributed by atoms with van der Waals surface area (Å²) < 4.78 is 10.8. The van der Waals surface area contributed by atoms with Gasteiger partial charge in [-0.2, -0.15) is 0 Å². The average Bonchev–Trinajstić information content (AvgIpc) is 2.37. The molecule has 0 aromatic heterocycles. The summed E-state index contributed by atoms with van der Waals surface area (Å²) in [6.07, 6.45) is 1.72. The van der Waals surface area contributed by atoms with E-state index in [4.69, 9.17) is 9.47 Å². The number of ether oxygens (including phenoxy) is 2. The fraction of sp³-hybridized carbons (Fsp3) is 0.571. The van der Waals surface area contributed by atoms with Gasteiger partial charge in [-0.15, -0.1) is 0 Å². The second-order valence-electron chi connectivity index (χ2n) is 4.25. The zero-order valence-electron chi connectivity index (χ0n) is 11.2. The fourth-order valence-corrected chi connectivity index (χ4v) is 1.99. The van der Waals surface area contributed by atoms with Gasteiger partial charge in [-0.05, 0) is 18.9 Å². The van der Waals surface area contributed by atoms with E-state index >= 15 is 0 Å². The molecule has 0 aliphatic carbocycles. The molecule has 1 unspecified atom stereocenters. The molecule has 0 aliphatic rings. The molecular formula is C14H23NO2. The van der Waals surface area contributed by atoms with Crippen LogP contribution >= 0.6 is 0 Å². The number of hydrogen-bond donors (Lipinski definition) is 1. The Morgan fingerprint density at radius 1 is 1.18 bits per heavy atom. The Hall–Kier alpha value is -0.900. The molecule has 0 fully saturated rings. The highest BCUT2D eigenvalue weighted by Crippen LogP contribution is 2.14. The van der Waals surface area contributed by atoms with Crippen molar-refractivity contribution in [3.05, 3.63) is 35.9 Å². The summed E-state index contributed by atoms with van der Waals surface area (Å²) in [5, 5.41) is 3.38. The van der Waals surface area contributed by atoms with Gasteiger partial charge in [-0.1, -0.05) is 37.3 Å². The topological polar surface area (TPSA) is 30.5 Å². The molecule has 1 atom stereocenters. The first-order valence-electron chi connectivity index (χ1n) is 6.07. The number of rotatable bonds is 7. The van der Waals surface area contributed by atoms with Crippen LogP contribution in [0.4, 0.5) is 0 Å². The lowest BCUT2D eigenvalue weighted by Crippen LogP contribution is -2.52. The van der Waals surface area contributed by atoms with Gasteiger partial charge in [0.1, 0.15) is 0 Å². The van der Waals surface area contributed by atoms with Crippen molar-refractivity contribution in [1.29, 1.82) is 0 Å². The zero-order chi connectivity index (χ0) is 12.7. The molecule has 1 aromatic carbocycles. The molecule has 0 bridgehead atoms. The molecule has 0 spiro atoms. The molecular weight excluding hydrogens is 214 g/mol. The van der Waals surface area contributed by atoms with Crippen molar-refractivity contribution < 1.29 is 9.47 Å². The number of nitrogens with one attached hydrogen (secondary N) is 1. The molecule has 1 N–H and O–H groups in total. The minimum atomic E-state index is -0.672. The zero-order valence-corrected chi connectivity index (χ0v) is 11.2. The van der Waals surface area contributed by atoms with Crippen molar-refractivity contribution in [2.24, 2.45) is 0 Å². The van der Waals surface area contributed by atoms with E-state index in [-0.39, 0.29) is 6.04 Å². The van der Waals surface area contributed by atoms with Crippen molar-refractivity contribution in [2.45, 2.75) is 38.6 Å². The summed E-state index contributed by atoms with van der Waals surface area (Å²) in [5.74, 6) is -0.672. The first-order chi connectivity index (χ1) is 8.15. The van der Waals surface area contributed by atoms with E-state index in [9.17, 15) is 0 Å². The van der Waals surface area contributed by atoms with E-state index < -0.39 is 5.91 Å². The Balaban J connectivity index is 2.56. The molecule has 0 amide bonds. The van der Waals surface area contributed by atoms with Crippen LogP contribution < -0.4 is 5.32 Å². The van der Waals surface area contributed by atoms with Crippen LogP contribution in [-0.2, 0) is 15.9 Å². The molecule has 0 radical (unpaired) electrons. The maximum absolute atomic E-state index is 5.41. The van der Waals surface area contributed by atoms with Gasteiger partial charge in [-0.25, -0.2) is 0 Å². The largest absolute Gasteiger partial charge is 0.341 e. The molecule has 3 heteroatoms. The summed E-state index contributed by atoms with van der Waals surface area (Å²) >= 11 is 0. The van der Waals surface area contributed by atoms with Crippen LogP contribution in [0.5, 0.6) is 0 Å². The standard InChI is InChI=1S/C14H23NO2/c1-5-14(16-3,17-4)15-12(2)11-13-9-7-6-8-10-13/h6-10,12,15H,5,11H2,1-4H3. The Labute approximate surface area is 104 Å². The normalized spacial score (nSPS) is 13.6. The maximum Gasteiger partial charge on any atom is 0.226 e. The van der Waals surface area contributed by atoms with Crippen molar-refractivity contribution in [3.8, 4) is 0 Å². The lowest BCUT2D eigenvalue weighted by atomic mass is 10.1. The Morgan fingerprint density at radius 2 is 1.76 bits per heavy atom. The number of benzene rings is 1. The lowest BCUT2D eigenvalue weighted by molar-refractivity contribution is -0.233. The maximum atomic E-state index is 5.41. The fourth-order valence-electron chi connectivity index (χ4n) is 1.99. The SMILES string of the molecule is CCC(NC(C)Cc1ccccc1)(OC)OC. The molecule has 1 aromatic rings. The van der Waals surface area contributed by atoms with E-state index in [1.54, 1.807) is 14.2 Å². The van der Waals surface area contributed by atoms with Crippen LogP contribution in [0.2, 0.25) is 0 Å². The van der Waals surface area contributed by atoms with Crippen LogP contribution in [-0.4, -0.2) is 26.2 Å². The second-order valence-corrected chi connectivity index (χ2v) is 4.25. The third-order valence-electron chi connectivity index (χ3n) is 2.98. The minimum Gasteiger partial charge on any atom is -0.341 e. The minimum absolute atomic E-state index is 0.289. The van der Waals surface area contributed by atoms with Gasteiger partial charge in [0.05, 0.1) is 0 Å². The summed E-state index contributed by atoms with van der Waals surface area (Å²) in [6.45, 7) is 4.17. The molecule has 17 heavy (non-hydrogen) atoms. The molecule has 96 valence electrons. The van der Waals surface area contributed by atoms with Crippen LogP contribution in [0.1, 0.15) is 25.8 Å². The van der Waals surface area contributed by atoms with E-state index in [0.717, 1.165) is 12.8 Å². The third kappa shape index (κ3) is 4.11. The molecule has 0 aliphatic heterocycles. The van der Waals surface area contributed by atoms with Crippen molar-refractivity contribution in [1.82, 2.24) is 5.32 Å². The van der Waals surface area contributed by atoms with E-state index in [0.29, 0.717) is 0 Å². The molecule has 0 saturated carbocycles.